The summed E-state index contributed by atoms with van der Waals surface area (Å²) in [6.07, 6.45) is 6.81. The van der Waals surface area contributed by atoms with Gasteiger partial charge in [-0.1, -0.05) is 48.9 Å². The first-order valence-corrected chi connectivity index (χ1v) is 15.2. The van der Waals surface area contributed by atoms with E-state index in [9.17, 15) is 32.7 Å². The topological polar surface area (TPSA) is 172 Å². The number of carbonyl (C=O) groups excluding carboxylic acids is 3. The summed E-state index contributed by atoms with van der Waals surface area (Å²) in [6, 6.07) is 10.7. The number of carboxylic acids is 2. The monoisotopic (exact) mass is 676 g/mol. The number of alkyl halides is 3. The van der Waals surface area contributed by atoms with Gasteiger partial charge in [-0.3, -0.25) is 9.59 Å². The Bertz CT molecular complexity index is 1590. The van der Waals surface area contributed by atoms with E-state index in [-0.39, 0.29) is 23.3 Å². The van der Waals surface area contributed by atoms with Crippen LogP contribution in [-0.2, 0) is 14.4 Å². The van der Waals surface area contributed by atoms with Crippen LogP contribution in [0.5, 0.6) is 0 Å². The van der Waals surface area contributed by atoms with Crippen LogP contribution in [0.25, 0.3) is 11.8 Å². The van der Waals surface area contributed by atoms with E-state index in [1.54, 1.807) is 46.0 Å². The Labute approximate surface area is 272 Å². The van der Waals surface area contributed by atoms with Crippen LogP contribution in [0.2, 0.25) is 5.02 Å². The van der Waals surface area contributed by atoms with Crippen molar-refractivity contribution in [2.24, 2.45) is 11.8 Å². The van der Waals surface area contributed by atoms with Crippen LogP contribution in [0.3, 0.4) is 0 Å². The number of H-pyrrole nitrogens is 1. The van der Waals surface area contributed by atoms with Crippen LogP contribution < -0.4 is 15.1 Å². The van der Waals surface area contributed by atoms with E-state index < -0.39 is 24.2 Å². The van der Waals surface area contributed by atoms with E-state index in [1.807, 2.05) is 0 Å². The number of rotatable bonds is 7. The number of aromatic nitrogens is 4. The molecule has 12 nitrogen and oxygen atoms in total. The molecular weight excluding hydrogens is 645 g/mol. The summed E-state index contributed by atoms with van der Waals surface area (Å²) in [5, 5.41) is 31.8. The number of hydrogen-bond acceptors (Lipinski definition) is 7. The predicted octanol–water partition coefficient (Wildman–Crippen LogP) is 3.57. The maximum Gasteiger partial charge on any atom is 0.430 e. The van der Waals surface area contributed by atoms with Gasteiger partial charge < -0.3 is 25.2 Å². The van der Waals surface area contributed by atoms with Gasteiger partial charge in [0.15, 0.2) is 5.21 Å². The highest BCUT2D eigenvalue weighted by Gasteiger charge is 2.42. The number of aliphatic carboxylic acids is 1. The second-order valence-electron chi connectivity index (χ2n) is 11.2. The van der Waals surface area contributed by atoms with Crippen LogP contribution in [0, 0.1) is 11.8 Å². The zero-order valence-corrected chi connectivity index (χ0v) is 25.7. The molecule has 2 unspecified atom stereocenters. The van der Waals surface area contributed by atoms with Crippen molar-refractivity contribution >= 4 is 47.1 Å². The van der Waals surface area contributed by atoms with E-state index in [2.05, 4.69) is 20.8 Å². The lowest BCUT2D eigenvalue weighted by Crippen LogP contribution is -2.55. The molecule has 250 valence electrons. The number of aromatic carboxylic acids is 1. The number of carbonyl (C=O) groups is 4. The van der Waals surface area contributed by atoms with Gasteiger partial charge in [-0.2, -0.15) is 13.2 Å². The standard InChI is InChI=1S/C29H31ClN6O4.C2HF3O2/c30-22-11-14-25(36-18-31-33-34-36)21(17-22)10-15-26(37)35-16-4-7-24(19-5-2-1-3-6-19)27(35)28(38)32-23-12-8-20(9-13-23)29(39)40;3-2(4,5)1(6)7/h8-15,17-19,24,27H,1-7,16H2,(H2,32,38,39,40);(H,6,7)/b15-10+;. The minimum Gasteiger partial charge on any atom is -0.542 e. The van der Waals surface area contributed by atoms with Crippen molar-refractivity contribution in [3.05, 3.63) is 71.0 Å². The number of tetrazole rings is 1. The van der Waals surface area contributed by atoms with Crippen molar-refractivity contribution in [2.75, 3.05) is 11.9 Å². The number of amides is 2. The van der Waals surface area contributed by atoms with E-state index in [1.165, 1.54) is 31.0 Å². The number of piperidine rings is 1. The number of hydrogen-bond donors (Lipinski definition) is 3. The zero-order valence-electron chi connectivity index (χ0n) is 25.0. The zero-order chi connectivity index (χ0) is 34.1. The summed E-state index contributed by atoms with van der Waals surface area (Å²) in [7, 11) is 0. The van der Waals surface area contributed by atoms with Gasteiger partial charge in [0.2, 0.25) is 11.8 Å². The van der Waals surface area contributed by atoms with Crippen LogP contribution in [0.1, 0.15) is 60.9 Å². The lowest BCUT2D eigenvalue weighted by atomic mass is 9.72. The Hall–Kier alpha value is -4.79. The van der Waals surface area contributed by atoms with Crippen LogP contribution in [0.15, 0.2) is 54.9 Å². The molecule has 5 rings (SSSR count). The molecule has 1 saturated heterocycles. The Balaban J connectivity index is 0.000000644. The Morgan fingerprint density at radius 3 is 2.32 bits per heavy atom. The fourth-order valence-corrected chi connectivity index (χ4v) is 6.19. The summed E-state index contributed by atoms with van der Waals surface area (Å²) < 4.78 is 33.2. The molecule has 1 aliphatic heterocycles. The van der Waals surface area contributed by atoms with E-state index in [4.69, 9.17) is 21.5 Å². The average Bonchev–Trinajstić information content (AvgIpc) is 3.59. The molecule has 3 N–H and O–H groups in total. The molecule has 2 aromatic carbocycles. The van der Waals surface area contributed by atoms with Crippen LogP contribution in [-0.4, -0.2) is 68.0 Å². The van der Waals surface area contributed by atoms with Crippen molar-refractivity contribution in [1.82, 2.24) is 20.4 Å². The molecule has 2 heterocycles. The number of benzene rings is 2. The SMILES string of the molecule is O=C(O)c1ccc(NC(=O)C2C(C3CCCCC3)CCCN2C(=O)/C=C/c2cc(Cl)ccc2-[n+]2cnn[nH]2)cc1.O=C([O-])C(F)(F)F. The molecule has 0 bridgehead atoms. The van der Waals surface area contributed by atoms with E-state index in [0.717, 1.165) is 44.2 Å². The van der Waals surface area contributed by atoms with Gasteiger partial charge in [-0.15, -0.1) is 4.68 Å². The quantitative estimate of drug-likeness (QED) is 0.252. The lowest BCUT2D eigenvalue weighted by Gasteiger charge is -2.44. The number of anilines is 1. The number of nitrogens with zero attached hydrogens (tertiary/aromatic N) is 4. The van der Waals surface area contributed by atoms with Crippen molar-refractivity contribution in [1.29, 1.82) is 0 Å². The third-order valence-corrected chi connectivity index (χ3v) is 8.38. The summed E-state index contributed by atoms with van der Waals surface area (Å²) in [6.45, 7) is 0.476. The molecular formula is C31H32ClF3N6O6. The summed E-state index contributed by atoms with van der Waals surface area (Å²) in [5.74, 6) is -4.10. The Kier molecular flexibility index (Phi) is 11.7. The minimum atomic E-state index is -5.19. The number of carboxylic acid groups (broad SMARTS) is 2. The highest BCUT2D eigenvalue weighted by atomic mass is 35.5. The Morgan fingerprint density at radius 2 is 1.72 bits per heavy atom. The maximum atomic E-state index is 13.8. The number of halogens is 4. The fourth-order valence-electron chi connectivity index (χ4n) is 6.01. The molecule has 1 saturated carbocycles. The first-order valence-electron chi connectivity index (χ1n) is 14.8. The van der Waals surface area contributed by atoms with Gasteiger partial charge in [0.05, 0.1) is 5.56 Å². The highest BCUT2D eigenvalue weighted by Crippen LogP contribution is 2.39. The summed E-state index contributed by atoms with van der Waals surface area (Å²) in [4.78, 5) is 49.2. The van der Waals surface area contributed by atoms with Gasteiger partial charge in [-0.25, -0.2) is 4.79 Å². The molecule has 0 spiro atoms. The van der Waals surface area contributed by atoms with Gasteiger partial charge in [0, 0.05) is 28.9 Å². The van der Waals surface area contributed by atoms with Crippen LogP contribution in [0.4, 0.5) is 18.9 Å². The second-order valence-corrected chi connectivity index (χ2v) is 11.6. The first-order chi connectivity index (χ1) is 22.3. The molecule has 3 aromatic rings. The van der Waals surface area contributed by atoms with E-state index >= 15 is 0 Å². The van der Waals surface area contributed by atoms with Gasteiger partial charge in [-0.05, 0) is 73.2 Å². The van der Waals surface area contributed by atoms with Gasteiger partial charge in [0.25, 0.3) is 6.33 Å². The molecule has 0 radical (unpaired) electrons. The molecule has 47 heavy (non-hydrogen) atoms. The fraction of sp³-hybridized carbons (Fsp3) is 0.387. The number of aromatic amines is 1. The molecule has 2 aliphatic rings. The van der Waals surface area contributed by atoms with Crippen molar-refractivity contribution in [3.63, 3.8) is 0 Å². The number of likely N-dealkylation sites (tertiary alicyclic amines) is 1. The molecule has 2 amide bonds. The smallest absolute Gasteiger partial charge is 0.430 e. The number of nitrogens with one attached hydrogen (secondary N) is 2. The third-order valence-electron chi connectivity index (χ3n) is 8.15. The average molecular weight is 677 g/mol. The van der Waals surface area contributed by atoms with Crippen molar-refractivity contribution in [2.45, 2.75) is 57.2 Å². The summed E-state index contributed by atoms with van der Waals surface area (Å²) in [5.41, 5.74) is 2.05. The molecule has 2 atom stereocenters. The lowest BCUT2D eigenvalue weighted by molar-refractivity contribution is -0.660. The van der Waals surface area contributed by atoms with E-state index in [0.29, 0.717) is 28.7 Å². The van der Waals surface area contributed by atoms with Gasteiger partial charge >= 0.3 is 12.1 Å². The second kappa shape index (κ2) is 15.7. The molecule has 1 aromatic heterocycles. The van der Waals surface area contributed by atoms with Crippen molar-refractivity contribution in [3.8, 4) is 5.69 Å². The molecule has 16 heteroatoms. The first kappa shape index (κ1) is 35.1. The highest BCUT2D eigenvalue weighted by molar-refractivity contribution is 6.30. The minimum absolute atomic E-state index is 0.0537. The Morgan fingerprint density at radius 1 is 1.04 bits per heavy atom. The molecule has 2 fully saturated rings. The predicted molar refractivity (Wildman–Crippen MR) is 160 cm³/mol. The van der Waals surface area contributed by atoms with Crippen LogP contribution >= 0.6 is 11.6 Å². The van der Waals surface area contributed by atoms with Crippen molar-refractivity contribution < 1.29 is 47.2 Å². The largest absolute Gasteiger partial charge is 0.542 e. The normalized spacial score (nSPS) is 18.7. The maximum absolute atomic E-state index is 13.8. The van der Waals surface area contributed by atoms with Gasteiger partial charge in [0.1, 0.15) is 22.8 Å². The third kappa shape index (κ3) is 9.37. The summed E-state index contributed by atoms with van der Waals surface area (Å²) >= 11 is 6.25. The molecule has 1 aliphatic carbocycles.